The lowest BCUT2D eigenvalue weighted by atomic mass is 9.83. The lowest BCUT2D eigenvalue weighted by Crippen LogP contribution is -2.49. The maximum Gasteiger partial charge on any atom is 0.410 e. The Morgan fingerprint density at radius 1 is 1.28 bits per heavy atom. The number of morpholine rings is 1. The van der Waals surface area contributed by atoms with Gasteiger partial charge in [-0.3, -0.25) is 0 Å². The molecule has 0 aromatic heterocycles. The Balaban J connectivity index is 1.77. The minimum Gasteiger partial charge on any atom is -0.444 e. The first-order valence-electron chi connectivity index (χ1n) is 9.31. The average molecular weight is 346 g/mol. The van der Waals surface area contributed by atoms with Gasteiger partial charge in [0.1, 0.15) is 5.60 Å². The Hall–Kier alpha value is -1.59. The normalized spacial score (nSPS) is 27.8. The summed E-state index contributed by atoms with van der Waals surface area (Å²) in [4.78, 5) is 14.6. The van der Waals surface area contributed by atoms with Crippen molar-refractivity contribution in [3.63, 3.8) is 0 Å². The zero-order valence-electron chi connectivity index (χ0n) is 15.5. The maximum absolute atomic E-state index is 12.7. The van der Waals surface area contributed by atoms with Gasteiger partial charge in [-0.2, -0.15) is 0 Å². The Bertz CT molecular complexity index is 564. The molecule has 1 aromatic carbocycles. The maximum atomic E-state index is 12.7. The molecule has 0 bridgehead atoms. The Morgan fingerprint density at radius 2 is 2.04 bits per heavy atom. The third kappa shape index (κ3) is 4.73. The molecule has 0 aliphatic carbocycles. The van der Waals surface area contributed by atoms with Crippen molar-refractivity contribution in [1.29, 1.82) is 0 Å². The molecule has 1 amide bonds. The van der Waals surface area contributed by atoms with Crippen molar-refractivity contribution in [2.75, 3.05) is 26.2 Å². The van der Waals surface area contributed by atoms with Crippen molar-refractivity contribution in [2.45, 2.75) is 51.4 Å². The van der Waals surface area contributed by atoms with E-state index in [1.807, 2.05) is 43.9 Å². The first-order chi connectivity index (χ1) is 11.9. The van der Waals surface area contributed by atoms with Crippen molar-refractivity contribution in [3.05, 3.63) is 35.9 Å². The Morgan fingerprint density at radius 3 is 2.68 bits per heavy atom. The Kier molecular flexibility index (Phi) is 5.64. The number of amides is 1. The van der Waals surface area contributed by atoms with E-state index in [1.165, 1.54) is 5.56 Å². The van der Waals surface area contributed by atoms with Crippen LogP contribution in [0.2, 0.25) is 0 Å². The second kappa shape index (κ2) is 7.75. The minimum absolute atomic E-state index is 0.0420. The fourth-order valence-electron chi connectivity index (χ4n) is 3.75. The number of benzene rings is 1. The molecular formula is C20H30N2O3. The number of nitrogens with one attached hydrogen (secondary N) is 1. The van der Waals surface area contributed by atoms with Crippen molar-refractivity contribution >= 4 is 6.09 Å². The van der Waals surface area contributed by atoms with Crippen molar-refractivity contribution in [1.82, 2.24) is 10.2 Å². The van der Waals surface area contributed by atoms with Crippen LogP contribution in [0.5, 0.6) is 0 Å². The van der Waals surface area contributed by atoms with Gasteiger partial charge < -0.3 is 19.7 Å². The van der Waals surface area contributed by atoms with Crippen LogP contribution in [-0.2, 0) is 9.47 Å². The van der Waals surface area contributed by atoms with E-state index in [9.17, 15) is 4.79 Å². The molecule has 2 unspecified atom stereocenters. The van der Waals surface area contributed by atoms with Crippen LogP contribution < -0.4 is 5.32 Å². The summed E-state index contributed by atoms with van der Waals surface area (Å²) in [6.07, 6.45) is 1.88. The molecule has 3 rings (SSSR count). The molecule has 3 atom stereocenters. The fraction of sp³-hybridized carbons (Fsp3) is 0.650. The number of likely N-dealkylation sites (tertiary alicyclic amines) is 1. The summed E-state index contributed by atoms with van der Waals surface area (Å²) in [5.41, 5.74) is 0.688. The highest BCUT2D eigenvalue weighted by atomic mass is 16.6. The summed E-state index contributed by atoms with van der Waals surface area (Å²) >= 11 is 0. The predicted octanol–water partition coefficient (Wildman–Crippen LogP) is 3.36. The van der Waals surface area contributed by atoms with Crippen LogP contribution in [0.1, 0.15) is 45.2 Å². The van der Waals surface area contributed by atoms with Crippen molar-refractivity contribution in [2.24, 2.45) is 5.92 Å². The predicted molar refractivity (Wildman–Crippen MR) is 97.5 cm³/mol. The highest BCUT2D eigenvalue weighted by molar-refractivity contribution is 5.69. The van der Waals surface area contributed by atoms with E-state index in [1.54, 1.807) is 0 Å². The highest BCUT2D eigenvalue weighted by Crippen LogP contribution is 2.37. The van der Waals surface area contributed by atoms with Gasteiger partial charge in [0.15, 0.2) is 0 Å². The molecule has 25 heavy (non-hydrogen) atoms. The lowest BCUT2D eigenvalue weighted by molar-refractivity contribution is -0.0444. The lowest BCUT2D eigenvalue weighted by Gasteiger charge is -2.43. The largest absolute Gasteiger partial charge is 0.444 e. The standard InChI is InChI=1S/C20H30N2O3/c1-20(2,3)25-19(23)22-11-9-16(18-14-21-10-12-24-18)13-17(22)15-7-5-4-6-8-15/h4-8,16-18,21H,9-14H2,1-3H3/t16?,17-,18?/m0/s1. The molecule has 5 heteroatoms. The quantitative estimate of drug-likeness (QED) is 0.892. The second-order valence-corrected chi connectivity index (χ2v) is 8.00. The van der Waals surface area contributed by atoms with Crippen LogP contribution in [0.25, 0.3) is 0 Å². The van der Waals surface area contributed by atoms with Crippen LogP contribution >= 0.6 is 0 Å². The third-order valence-corrected chi connectivity index (χ3v) is 4.94. The molecule has 0 saturated carbocycles. The van der Waals surface area contributed by atoms with Gasteiger partial charge in [-0.25, -0.2) is 4.79 Å². The molecule has 2 fully saturated rings. The zero-order chi connectivity index (χ0) is 17.9. The van der Waals surface area contributed by atoms with Gasteiger partial charge in [-0.1, -0.05) is 30.3 Å². The zero-order valence-corrected chi connectivity index (χ0v) is 15.5. The summed E-state index contributed by atoms with van der Waals surface area (Å²) in [7, 11) is 0. The van der Waals surface area contributed by atoms with E-state index in [0.29, 0.717) is 12.5 Å². The van der Waals surface area contributed by atoms with E-state index in [2.05, 4.69) is 17.4 Å². The van der Waals surface area contributed by atoms with Crippen LogP contribution in [-0.4, -0.2) is 48.9 Å². The van der Waals surface area contributed by atoms with Gasteiger partial charge in [0.2, 0.25) is 0 Å². The van der Waals surface area contributed by atoms with Gasteiger partial charge in [-0.05, 0) is 45.1 Å². The van der Waals surface area contributed by atoms with E-state index in [-0.39, 0.29) is 18.2 Å². The molecule has 2 heterocycles. The van der Waals surface area contributed by atoms with Gasteiger partial charge >= 0.3 is 6.09 Å². The summed E-state index contributed by atoms with van der Waals surface area (Å²) in [5.74, 6) is 0.455. The number of carbonyl (C=O) groups excluding carboxylic acids is 1. The van der Waals surface area contributed by atoms with E-state index in [0.717, 1.165) is 32.5 Å². The monoisotopic (exact) mass is 346 g/mol. The van der Waals surface area contributed by atoms with Crippen LogP contribution in [0, 0.1) is 5.92 Å². The first-order valence-corrected chi connectivity index (χ1v) is 9.31. The number of piperidine rings is 1. The first kappa shape index (κ1) is 18.2. The number of nitrogens with zero attached hydrogens (tertiary/aromatic N) is 1. The number of rotatable bonds is 2. The number of carbonyl (C=O) groups is 1. The summed E-state index contributed by atoms with van der Waals surface area (Å²) in [6.45, 7) is 9.05. The van der Waals surface area contributed by atoms with Crippen LogP contribution in [0.4, 0.5) is 4.79 Å². The van der Waals surface area contributed by atoms with E-state index >= 15 is 0 Å². The molecule has 0 spiro atoms. The summed E-state index contributed by atoms with van der Waals surface area (Å²) in [5, 5.41) is 3.42. The molecular weight excluding hydrogens is 316 g/mol. The van der Waals surface area contributed by atoms with E-state index < -0.39 is 5.60 Å². The molecule has 138 valence electrons. The number of ether oxygens (including phenoxy) is 2. The van der Waals surface area contributed by atoms with Gasteiger partial charge in [0.25, 0.3) is 0 Å². The molecule has 0 radical (unpaired) electrons. The SMILES string of the molecule is CC(C)(C)OC(=O)N1CCC(C2CNCCO2)C[C@H]1c1ccccc1. The topological polar surface area (TPSA) is 50.8 Å². The molecule has 2 aliphatic rings. The smallest absolute Gasteiger partial charge is 0.410 e. The van der Waals surface area contributed by atoms with Gasteiger partial charge in [0, 0.05) is 19.6 Å². The third-order valence-electron chi connectivity index (χ3n) is 4.94. The second-order valence-electron chi connectivity index (χ2n) is 8.00. The highest BCUT2D eigenvalue weighted by Gasteiger charge is 2.38. The molecule has 2 aliphatic heterocycles. The van der Waals surface area contributed by atoms with Crippen molar-refractivity contribution < 1.29 is 14.3 Å². The Labute approximate surface area is 150 Å². The fourth-order valence-corrected chi connectivity index (χ4v) is 3.75. The summed E-state index contributed by atoms with van der Waals surface area (Å²) < 4.78 is 11.6. The molecule has 2 saturated heterocycles. The van der Waals surface area contributed by atoms with E-state index in [4.69, 9.17) is 9.47 Å². The number of hydrogen-bond donors (Lipinski definition) is 1. The van der Waals surface area contributed by atoms with Crippen LogP contribution in [0.3, 0.4) is 0 Å². The van der Waals surface area contributed by atoms with Crippen molar-refractivity contribution in [3.8, 4) is 0 Å². The van der Waals surface area contributed by atoms with Gasteiger partial charge in [-0.15, -0.1) is 0 Å². The minimum atomic E-state index is -0.481. The molecule has 1 aromatic rings. The summed E-state index contributed by atoms with van der Waals surface area (Å²) in [6, 6.07) is 10.3. The molecule has 5 nitrogen and oxygen atoms in total. The molecule has 1 N–H and O–H groups in total. The van der Waals surface area contributed by atoms with Crippen LogP contribution in [0.15, 0.2) is 30.3 Å². The number of hydrogen-bond acceptors (Lipinski definition) is 4. The average Bonchev–Trinajstić information content (AvgIpc) is 2.61. The van der Waals surface area contributed by atoms with Gasteiger partial charge in [0.05, 0.1) is 18.8 Å².